The average molecular weight is 939 g/mol. The van der Waals surface area contributed by atoms with Gasteiger partial charge >= 0.3 is 23.9 Å². The van der Waals surface area contributed by atoms with Crippen LogP contribution in [0.15, 0.2) is 49.6 Å². The highest BCUT2D eigenvalue weighted by Gasteiger charge is 2.41. The summed E-state index contributed by atoms with van der Waals surface area (Å²) in [4.78, 5) is 47.2. The minimum atomic E-state index is -0.786. The number of hydrogen-bond acceptors (Lipinski definition) is 9. The molecule has 0 aliphatic heterocycles. The number of benzene rings is 1. The minimum Gasteiger partial charge on any atom is -0.494 e. The van der Waals surface area contributed by atoms with Gasteiger partial charge in [-0.15, -0.1) is 12.8 Å². The number of carbonyl (C=O) groups excluding carboxylic acids is 4. The molecular weight excluding hydrogens is 853 g/mol. The maximum Gasteiger partial charge on any atom is 0.339 e. The molecule has 68 heavy (non-hydrogen) atoms. The number of hydrogen-bond donors (Lipinski definition) is 0. The van der Waals surface area contributed by atoms with E-state index >= 15 is 0 Å². The van der Waals surface area contributed by atoms with Crippen LogP contribution in [0.25, 0.3) is 0 Å². The van der Waals surface area contributed by atoms with E-state index in [0.29, 0.717) is 37.7 Å². The summed E-state index contributed by atoms with van der Waals surface area (Å²) in [5.41, 5.74) is -0.990. The molecule has 376 valence electrons. The Morgan fingerprint density at radius 3 is 1.41 bits per heavy atom. The standard InChI is InChI=1S/C33H46O5.C26H40O4/c1-4-11-26-12-14-27(15-13-26)28-20-22-33(6-3,23-21-28)38-32(35)29-16-18-30(19-17-29)36-24-9-7-8-10-25-37-31(34)5-2;1-4-10-21-12-14-22(15-13-21)23-16-18-26(6-3,19-17-23)30-25(28)11-8-7-9-20-29-24(27)5-2/h3,5,16-19,26-28H,2,4,7-15,20-25H2,1H3;3,5,21-23H,2,4,7-20H2,1H3. The van der Waals surface area contributed by atoms with Gasteiger partial charge in [-0.1, -0.05) is 90.2 Å². The van der Waals surface area contributed by atoms with Crippen molar-refractivity contribution in [2.75, 3.05) is 19.8 Å². The first-order valence-corrected chi connectivity index (χ1v) is 26.7. The second-order valence-electron chi connectivity index (χ2n) is 20.3. The van der Waals surface area contributed by atoms with Crippen molar-refractivity contribution in [3.8, 4) is 30.4 Å². The number of esters is 4. The van der Waals surface area contributed by atoms with Gasteiger partial charge in [0.25, 0.3) is 0 Å². The Labute approximate surface area is 411 Å². The number of unbranched alkanes of at least 4 members (excludes halogenated alkanes) is 5. The van der Waals surface area contributed by atoms with Gasteiger partial charge in [0.05, 0.1) is 25.4 Å². The van der Waals surface area contributed by atoms with Gasteiger partial charge in [0.2, 0.25) is 0 Å². The smallest absolute Gasteiger partial charge is 0.339 e. The molecule has 0 unspecified atom stereocenters. The summed E-state index contributed by atoms with van der Waals surface area (Å²) in [6.07, 6.45) is 44.0. The fourth-order valence-electron chi connectivity index (χ4n) is 11.4. The van der Waals surface area contributed by atoms with Crippen molar-refractivity contribution in [1.82, 2.24) is 0 Å². The molecule has 4 aliphatic rings. The SMILES string of the molecule is C#CC1(OC(=O)CCCCCOC(=O)C=C)CCC(C2CCC(CCC)CC2)CC1.C#CC1(OC(=O)c2ccc(OCCCCCCOC(=O)C=C)cc2)CCC(C2CCC(CCC)CC2)CC1. The van der Waals surface area contributed by atoms with E-state index in [1.54, 1.807) is 24.3 Å². The summed E-state index contributed by atoms with van der Waals surface area (Å²) in [7, 11) is 0. The van der Waals surface area contributed by atoms with Gasteiger partial charge in [-0.3, -0.25) is 4.79 Å². The molecule has 5 rings (SSSR count). The highest BCUT2D eigenvalue weighted by atomic mass is 16.6. The maximum atomic E-state index is 12.9. The summed E-state index contributed by atoms with van der Waals surface area (Å²) in [5.74, 6) is 10.0. The van der Waals surface area contributed by atoms with Crippen LogP contribution in [-0.2, 0) is 33.3 Å². The molecule has 0 radical (unpaired) electrons. The van der Waals surface area contributed by atoms with Gasteiger partial charge in [0.1, 0.15) is 5.75 Å². The fourth-order valence-corrected chi connectivity index (χ4v) is 11.4. The molecule has 0 heterocycles. The van der Waals surface area contributed by atoms with Crippen molar-refractivity contribution >= 4 is 23.9 Å². The van der Waals surface area contributed by atoms with E-state index in [1.807, 2.05) is 0 Å². The predicted molar refractivity (Wildman–Crippen MR) is 270 cm³/mol. The highest BCUT2D eigenvalue weighted by molar-refractivity contribution is 5.90. The van der Waals surface area contributed by atoms with E-state index in [0.717, 1.165) is 138 Å². The number of rotatable bonds is 25. The molecule has 4 fully saturated rings. The molecule has 9 nitrogen and oxygen atoms in total. The highest BCUT2D eigenvalue weighted by Crippen LogP contribution is 2.46. The van der Waals surface area contributed by atoms with Crippen LogP contribution in [0.5, 0.6) is 5.75 Å². The van der Waals surface area contributed by atoms with Crippen molar-refractivity contribution < 1.29 is 42.9 Å². The van der Waals surface area contributed by atoms with Gasteiger partial charge in [-0.05, 0) is 182 Å². The molecular formula is C59H86O9. The van der Waals surface area contributed by atoms with E-state index in [-0.39, 0.29) is 17.9 Å². The Morgan fingerprint density at radius 1 is 0.574 bits per heavy atom. The fraction of sp³-hybridized carbons (Fsp3) is 0.695. The van der Waals surface area contributed by atoms with Crippen LogP contribution in [0.1, 0.15) is 204 Å². The van der Waals surface area contributed by atoms with Crippen molar-refractivity contribution in [2.24, 2.45) is 35.5 Å². The summed E-state index contributed by atoms with van der Waals surface area (Å²) in [6, 6.07) is 7.10. The van der Waals surface area contributed by atoms with Gasteiger partial charge in [0.15, 0.2) is 11.2 Å². The normalized spacial score (nSPS) is 26.8. The zero-order valence-electron chi connectivity index (χ0n) is 42.1. The lowest BCUT2D eigenvalue weighted by Crippen LogP contribution is -2.39. The molecule has 4 aliphatic carbocycles. The quantitative estimate of drug-likeness (QED) is 0.0311. The Hall–Kier alpha value is -4.50. The number of terminal acetylenes is 2. The Balaban J connectivity index is 0.000000305. The summed E-state index contributed by atoms with van der Waals surface area (Å²) >= 11 is 0. The monoisotopic (exact) mass is 939 g/mol. The number of carbonyl (C=O) groups is 4. The third kappa shape index (κ3) is 19.5. The molecule has 1 aromatic carbocycles. The lowest BCUT2D eigenvalue weighted by molar-refractivity contribution is -0.158. The minimum absolute atomic E-state index is 0.199. The molecule has 0 bridgehead atoms. The van der Waals surface area contributed by atoms with Crippen LogP contribution >= 0.6 is 0 Å². The van der Waals surface area contributed by atoms with Crippen LogP contribution in [-0.4, -0.2) is 54.9 Å². The summed E-state index contributed by atoms with van der Waals surface area (Å²) < 4.78 is 27.4. The first-order chi connectivity index (χ1) is 33.0. The molecule has 9 heteroatoms. The van der Waals surface area contributed by atoms with E-state index < -0.39 is 17.2 Å². The second-order valence-corrected chi connectivity index (χ2v) is 20.3. The summed E-state index contributed by atoms with van der Waals surface area (Å²) in [6.45, 7) is 12.7. The molecule has 0 aromatic heterocycles. The third-order valence-corrected chi connectivity index (χ3v) is 15.6. The first kappa shape index (κ1) is 56.1. The number of ether oxygens (including phenoxy) is 5. The van der Waals surface area contributed by atoms with Crippen LogP contribution in [0.4, 0.5) is 0 Å². The van der Waals surface area contributed by atoms with Crippen LogP contribution in [0, 0.1) is 60.2 Å². The third-order valence-electron chi connectivity index (χ3n) is 15.6. The zero-order valence-corrected chi connectivity index (χ0v) is 42.1. The molecule has 0 N–H and O–H groups in total. The first-order valence-electron chi connectivity index (χ1n) is 26.7. The topological polar surface area (TPSA) is 114 Å². The molecule has 1 aromatic rings. The Bertz CT molecular complexity index is 1750. The zero-order chi connectivity index (χ0) is 49.0. The lowest BCUT2D eigenvalue weighted by Gasteiger charge is -2.41. The van der Waals surface area contributed by atoms with Crippen molar-refractivity contribution in [2.45, 2.75) is 205 Å². The Morgan fingerprint density at radius 2 is 0.985 bits per heavy atom. The summed E-state index contributed by atoms with van der Waals surface area (Å²) in [5, 5.41) is 0. The van der Waals surface area contributed by atoms with Gasteiger partial charge in [-0.2, -0.15) is 0 Å². The maximum absolute atomic E-state index is 12.9. The molecule has 0 amide bonds. The van der Waals surface area contributed by atoms with E-state index in [4.69, 9.17) is 36.5 Å². The van der Waals surface area contributed by atoms with Crippen LogP contribution in [0.3, 0.4) is 0 Å². The van der Waals surface area contributed by atoms with E-state index in [9.17, 15) is 19.2 Å². The van der Waals surface area contributed by atoms with E-state index in [2.05, 4.69) is 38.8 Å². The molecule has 0 spiro atoms. The lowest BCUT2D eigenvalue weighted by atomic mass is 9.68. The second kappa shape index (κ2) is 30.9. The average Bonchev–Trinajstić information content (AvgIpc) is 3.37. The van der Waals surface area contributed by atoms with Gasteiger partial charge in [0, 0.05) is 18.6 Å². The molecule has 0 atom stereocenters. The van der Waals surface area contributed by atoms with Gasteiger partial charge in [-0.25, -0.2) is 14.4 Å². The largest absolute Gasteiger partial charge is 0.494 e. The molecule has 0 saturated heterocycles. The van der Waals surface area contributed by atoms with Crippen molar-refractivity contribution in [3.05, 3.63) is 55.1 Å². The van der Waals surface area contributed by atoms with Crippen molar-refractivity contribution in [1.29, 1.82) is 0 Å². The van der Waals surface area contributed by atoms with E-state index in [1.165, 1.54) is 83.1 Å². The van der Waals surface area contributed by atoms with Crippen LogP contribution in [0.2, 0.25) is 0 Å². The predicted octanol–water partition coefficient (Wildman–Crippen LogP) is 13.7. The van der Waals surface area contributed by atoms with Gasteiger partial charge < -0.3 is 23.7 Å². The van der Waals surface area contributed by atoms with Crippen molar-refractivity contribution in [3.63, 3.8) is 0 Å². The Kier molecular flexibility index (Phi) is 25.5. The van der Waals surface area contributed by atoms with Crippen LogP contribution < -0.4 is 4.74 Å². The molecule has 4 saturated carbocycles.